The number of fused-ring (bicyclic) bond motifs is 1. The van der Waals surface area contributed by atoms with Gasteiger partial charge in [0, 0.05) is 18.6 Å². The van der Waals surface area contributed by atoms with Crippen molar-refractivity contribution in [3.63, 3.8) is 0 Å². The highest BCUT2D eigenvalue weighted by Crippen LogP contribution is 2.25. The second-order valence-electron chi connectivity index (χ2n) is 4.46. The van der Waals surface area contributed by atoms with Crippen molar-refractivity contribution in [1.82, 2.24) is 9.88 Å². The van der Waals surface area contributed by atoms with Gasteiger partial charge in [0.1, 0.15) is 5.15 Å². The molecule has 19 heavy (non-hydrogen) atoms. The highest BCUT2D eigenvalue weighted by atomic mass is 35.5. The van der Waals surface area contributed by atoms with Gasteiger partial charge in [-0.25, -0.2) is 4.98 Å². The van der Waals surface area contributed by atoms with E-state index in [1.807, 2.05) is 24.3 Å². The quantitative estimate of drug-likeness (QED) is 0.877. The summed E-state index contributed by atoms with van der Waals surface area (Å²) in [5.41, 5.74) is 0.489. The van der Waals surface area contributed by atoms with E-state index in [1.54, 1.807) is 14.0 Å². The van der Waals surface area contributed by atoms with Crippen LogP contribution in [0.15, 0.2) is 30.5 Å². The Balaban J connectivity index is 2.52. The van der Waals surface area contributed by atoms with Crippen LogP contribution in [0.2, 0.25) is 5.15 Å². The lowest BCUT2D eigenvalue weighted by Gasteiger charge is -2.23. The number of rotatable bonds is 3. The summed E-state index contributed by atoms with van der Waals surface area (Å²) in [4.78, 5) is 18.0. The van der Waals surface area contributed by atoms with Gasteiger partial charge in [0.2, 0.25) is 0 Å². The predicted molar refractivity (Wildman–Crippen MR) is 75.4 cm³/mol. The van der Waals surface area contributed by atoms with Crippen LogP contribution in [-0.4, -0.2) is 40.6 Å². The standard InChI is InChI=1S/C14H15ClN2O2/c1-9(8-18)17(2)14(19)12-7-16-13(15)11-6-4-3-5-10(11)12/h3-7,9,18H,8H2,1-2H3. The molecule has 0 fully saturated rings. The lowest BCUT2D eigenvalue weighted by atomic mass is 10.1. The molecular formula is C14H15ClN2O2. The third-order valence-electron chi connectivity index (χ3n) is 3.22. The van der Waals surface area contributed by atoms with Gasteiger partial charge in [0.15, 0.2) is 0 Å². The van der Waals surface area contributed by atoms with Gasteiger partial charge >= 0.3 is 0 Å². The first-order valence-electron chi connectivity index (χ1n) is 5.97. The third-order valence-corrected chi connectivity index (χ3v) is 3.52. The number of carbonyl (C=O) groups excluding carboxylic acids is 1. The van der Waals surface area contributed by atoms with E-state index < -0.39 is 0 Å². The molecule has 0 aliphatic rings. The maximum absolute atomic E-state index is 12.4. The highest BCUT2D eigenvalue weighted by Gasteiger charge is 2.19. The Kier molecular flexibility index (Phi) is 4.02. The number of pyridine rings is 1. The number of aliphatic hydroxyl groups is 1. The molecule has 5 heteroatoms. The molecule has 2 aromatic rings. The summed E-state index contributed by atoms with van der Waals surface area (Å²) in [5, 5.41) is 11.0. The fraction of sp³-hybridized carbons (Fsp3) is 0.286. The zero-order valence-electron chi connectivity index (χ0n) is 10.8. The summed E-state index contributed by atoms with van der Waals surface area (Å²) in [5.74, 6) is -0.179. The molecule has 1 unspecified atom stereocenters. The number of aromatic nitrogens is 1. The molecule has 1 atom stereocenters. The Bertz CT molecular complexity index is 615. The third kappa shape index (κ3) is 2.55. The number of nitrogens with zero attached hydrogens (tertiary/aromatic N) is 2. The van der Waals surface area contributed by atoms with Gasteiger partial charge in [0.05, 0.1) is 18.2 Å². The largest absolute Gasteiger partial charge is 0.394 e. The highest BCUT2D eigenvalue weighted by molar-refractivity contribution is 6.34. The molecular weight excluding hydrogens is 264 g/mol. The van der Waals surface area contributed by atoms with Crippen molar-refractivity contribution in [2.24, 2.45) is 0 Å². The van der Waals surface area contributed by atoms with Crippen LogP contribution < -0.4 is 0 Å². The number of hydrogen-bond donors (Lipinski definition) is 1. The van der Waals surface area contributed by atoms with Crippen molar-refractivity contribution in [1.29, 1.82) is 0 Å². The molecule has 1 aromatic carbocycles. The van der Waals surface area contributed by atoms with E-state index in [4.69, 9.17) is 16.7 Å². The SMILES string of the molecule is CC(CO)N(C)C(=O)c1cnc(Cl)c2ccccc12. The van der Waals surface area contributed by atoms with Crippen molar-refractivity contribution >= 4 is 28.3 Å². The molecule has 0 saturated heterocycles. The zero-order valence-corrected chi connectivity index (χ0v) is 11.6. The van der Waals surface area contributed by atoms with Gasteiger partial charge < -0.3 is 10.0 Å². The van der Waals surface area contributed by atoms with Crippen molar-refractivity contribution in [2.45, 2.75) is 13.0 Å². The van der Waals surface area contributed by atoms with Crippen LogP contribution in [0.1, 0.15) is 17.3 Å². The minimum atomic E-state index is -0.248. The molecule has 1 N–H and O–H groups in total. The van der Waals surface area contributed by atoms with Gasteiger partial charge in [-0.05, 0) is 12.3 Å². The van der Waals surface area contributed by atoms with E-state index in [-0.39, 0.29) is 18.6 Å². The molecule has 0 aliphatic carbocycles. The van der Waals surface area contributed by atoms with Gasteiger partial charge in [-0.1, -0.05) is 35.9 Å². The Morgan fingerprint density at radius 2 is 2.05 bits per heavy atom. The van der Waals surface area contributed by atoms with Crippen LogP contribution >= 0.6 is 11.6 Å². The normalized spacial score (nSPS) is 12.4. The van der Waals surface area contributed by atoms with Crippen LogP contribution in [0.5, 0.6) is 0 Å². The maximum atomic E-state index is 12.4. The second kappa shape index (κ2) is 5.55. The monoisotopic (exact) mass is 278 g/mol. The van der Waals surface area contributed by atoms with E-state index in [9.17, 15) is 4.79 Å². The summed E-state index contributed by atoms with van der Waals surface area (Å²) in [6, 6.07) is 7.13. The second-order valence-corrected chi connectivity index (χ2v) is 4.81. The minimum Gasteiger partial charge on any atom is -0.394 e. The lowest BCUT2D eigenvalue weighted by Crippen LogP contribution is -2.37. The van der Waals surface area contributed by atoms with E-state index >= 15 is 0 Å². The topological polar surface area (TPSA) is 53.4 Å². The Labute approximate surface area is 116 Å². The smallest absolute Gasteiger partial charge is 0.256 e. The number of benzene rings is 1. The number of aliphatic hydroxyl groups excluding tert-OH is 1. The van der Waals surface area contributed by atoms with Crippen LogP contribution in [0, 0.1) is 0 Å². The van der Waals surface area contributed by atoms with Crippen molar-refractivity contribution in [3.8, 4) is 0 Å². The minimum absolute atomic E-state index is 0.0822. The van der Waals surface area contributed by atoms with E-state index in [1.165, 1.54) is 11.1 Å². The first-order valence-corrected chi connectivity index (χ1v) is 6.35. The van der Waals surface area contributed by atoms with E-state index in [2.05, 4.69) is 4.98 Å². The summed E-state index contributed by atoms with van der Waals surface area (Å²) in [6.45, 7) is 1.70. The number of carbonyl (C=O) groups is 1. The molecule has 0 aliphatic heterocycles. The molecule has 4 nitrogen and oxygen atoms in total. The number of hydrogen-bond acceptors (Lipinski definition) is 3. The molecule has 0 saturated carbocycles. The molecule has 0 spiro atoms. The lowest BCUT2D eigenvalue weighted by molar-refractivity contribution is 0.0684. The number of halogens is 1. The summed E-state index contributed by atoms with van der Waals surface area (Å²) in [6.07, 6.45) is 1.48. The van der Waals surface area contributed by atoms with Crippen LogP contribution in [0.25, 0.3) is 10.8 Å². The number of amides is 1. The fourth-order valence-electron chi connectivity index (χ4n) is 1.84. The van der Waals surface area contributed by atoms with E-state index in [0.717, 1.165) is 10.8 Å². The van der Waals surface area contributed by atoms with Crippen LogP contribution in [0.3, 0.4) is 0 Å². The van der Waals surface area contributed by atoms with E-state index in [0.29, 0.717) is 10.7 Å². The predicted octanol–water partition coefficient (Wildman–Crippen LogP) is 2.34. The maximum Gasteiger partial charge on any atom is 0.256 e. The van der Waals surface area contributed by atoms with Gasteiger partial charge in [-0.2, -0.15) is 0 Å². The molecule has 100 valence electrons. The molecule has 0 radical (unpaired) electrons. The van der Waals surface area contributed by atoms with Crippen LogP contribution in [-0.2, 0) is 0 Å². The fourth-order valence-corrected chi connectivity index (χ4v) is 2.05. The van der Waals surface area contributed by atoms with Gasteiger partial charge in [-0.15, -0.1) is 0 Å². The Morgan fingerprint density at radius 1 is 1.42 bits per heavy atom. The average Bonchev–Trinajstić information content (AvgIpc) is 2.45. The first kappa shape index (κ1) is 13.8. The average molecular weight is 279 g/mol. The molecule has 1 amide bonds. The number of likely N-dealkylation sites (N-methyl/N-ethyl adjacent to an activating group) is 1. The summed E-state index contributed by atoms with van der Waals surface area (Å²) in [7, 11) is 1.66. The zero-order chi connectivity index (χ0) is 14.0. The van der Waals surface area contributed by atoms with Crippen molar-refractivity contribution < 1.29 is 9.90 Å². The molecule has 1 heterocycles. The van der Waals surface area contributed by atoms with Crippen LogP contribution in [0.4, 0.5) is 0 Å². The summed E-state index contributed by atoms with van der Waals surface area (Å²) >= 11 is 6.03. The van der Waals surface area contributed by atoms with Crippen molar-refractivity contribution in [3.05, 3.63) is 41.2 Å². The van der Waals surface area contributed by atoms with Gasteiger partial charge in [0.25, 0.3) is 5.91 Å². The summed E-state index contributed by atoms with van der Waals surface area (Å²) < 4.78 is 0. The van der Waals surface area contributed by atoms with Crippen molar-refractivity contribution in [2.75, 3.05) is 13.7 Å². The Morgan fingerprint density at radius 3 is 2.68 bits per heavy atom. The van der Waals surface area contributed by atoms with Gasteiger partial charge in [-0.3, -0.25) is 4.79 Å². The Hall–Kier alpha value is -1.65. The first-order chi connectivity index (χ1) is 9.06. The molecule has 0 bridgehead atoms. The molecule has 1 aromatic heterocycles. The molecule has 2 rings (SSSR count).